The number of H-pyrrole nitrogens is 1. The van der Waals surface area contributed by atoms with Crippen molar-refractivity contribution in [2.45, 2.75) is 17.5 Å². The molecule has 1 aliphatic rings. The Morgan fingerprint density at radius 2 is 2.00 bits per heavy atom. The molecule has 2 aromatic rings. The summed E-state index contributed by atoms with van der Waals surface area (Å²) in [5.74, 6) is -2.52. The molecule has 8 heteroatoms. The van der Waals surface area contributed by atoms with Crippen molar-refractivity contribution in [3.05, 3.63) is 64.0 Å². The molecule has 0 fully saturated rings. The van der Waals surface area contributed by atoms with Crippen LogP contribution in [0.2, 0.25) is 0 Å². The number of carbonyl (C=O) groups is 1. The number of aromatic amines is 1. The Balaban J connectivity index is 2.15. The summed E-state index contributed by atoms with van der Waals surface area (Å²) in [7, 11) is 0. The van der Waals surface area contributed by atoms with Crippen molar-refractivity contribution in [2.24, 2.45) is 0 Å². The first-order valence-corrected chi connectivity index (χ1v) is 8.11. The van der Waals surface area contributed by atoms with Gasteiger partial charge in [-0.25, -0.2) is 13.8 Å². The van der Waals surface area contributed by atoms with Crippen LogP contribution in [0.5, 0.6) is 0 Å². The molecule has 5 nitrogen and oxygen atoms in total. The molecule has 0 bridgehead atoms. The van der Waals surface area contributed by atoms with Crippen LogP contribution in [-0.2, 0) is 4.79 Å². The van der Waals surface area contributed by atoms with Gasteiger partial charge in [0.1, 0.15) is 17.5 Å². The summed E-state index contributed by atoms with van der Waals surface area (Å²) < 4.78 is 28.2. The number of anilines is 1. The molecule has 1 atom stereocenters. The number of amides is 1. The molecule has 24 heavy (non-hydrogen) atoms. The second-order valence-electron chi connectivity index (χ2n) is 5.17. The number of hydrogen-bond donors (Lipinski definition) is 2. The maximum Gasteiger partial charge on any atom is 0.257 e. The fourth-order valence-corrected chi connectivity index (χ4v) is 3.24. The lowest BCUT2D eigenvalue weighted by Crippen LogP contribution is -2.32. The van der Waals surface area contributed by atoms with E-state index in [1.165, 1.54) is 17.8 Å². The third kappa shape index (κ3) is 2.96. The van der Waals surface area contributed by atoms with Gasteiger partial charge in [0, 0.05) is 23.7 Å². The Hall–Kier alpha value is -2.48. The van der Waals surface area contributed by atoms with Crippen molar-refractivity contribution in [1.82, 2.24) is 9.97 Å². The number of nitrogens with one attached hydrogen (secondary N) is 2. The summed E-state index contributed by atoms with van der Waals surface area (Å²) >= 11 is 1.23. The van der Waals surface area contributed by atoms with Gasteiger partial charge in [0.15, 0.2) is 5.16 Å². The summed E-state index contributed by atoms with van der Waals surface area (Å²) in [6.07, 6.45) is 1.41. The third-order valence-electron chi connectivity index (χ3n) is 3.62. The van der Waals surface area contributed by atoms with Gasteiger partial charge < -0.3 is 10.3 Å². The first-order chi connectivity index (χ1) is 11.5. The molecule has 0 saturated heterocycles. The number of halogens is 2. The molecule has 1 aliphatic heterocycles. The topological polar surface area (TPSA) is 74.8 Å². The normalized spacial score (nSPS) is 16.4. The van der Waals surface area contributed by atoms with E-state index in [0.717, 1.165) is 12.1 Å². The number of aromatic nitrogens is 2. The maximum absolute atomic E-state index is 14.1. The van der Waals surface area contributed by atoms with Gasteiger partial charge in [0.2, 0.25) is 5.91 Å². The summed E-state index contributed by atoms with van der Waals surface area (Å²) in [6, 6.07) is 3.43. The lowest BCUT2D eigenvalue weighted by molar-refractivity contribution is -0.116. The van der Waals surface area contributed by atoms with Gasteiger partial charge in [0.05, 0.1) is 5.56 Å². The maximum atomic E-state index is 14.1. The fourth-order valence-electron chi connectivity index (χ4n) is 2.65. The Bertz CT molecular complexity index is 862. The minimum Gasteiger partial charge on any atom is -0.310 e. The van der Waals surface area contributed by atoms with E-state index in [2.05, 4.69) is 21.9 Å². The molecule has 0 spiro atoms. The van der Waals surface area contributed by atoms with Crippen molar-refractivity contribution >= 4 is 23.5 Å². The average molecular weight is 349 g/mol. The van der Waals surface area contributed by atoms with Gasteiger partial charge >= 0.3 is 0 Å². The smallest absolute Gasteiger partial charge is 0.257 e. The lowest BCUT2D eigenvalue weighted by Gasteiger charge is -2.25. The van der Waals surface area contributed by atoms with Crippen LogP contribution >= 0.6 is 11.8 Å². The zero-order valence-electron chi connectivity index (χ0n) is 12.4. The second-order valence-corrected chi connectivity index (χ2v) is 6.18. The van der Waals surface area contributed by atoms with E-state index >= 15 is 0 Å². The highest BCUT2D eigenvalue weighted by Gasteiger charge is 2.34. The number of rotatable bonds is 4. The van der Waals surface area contributed by atoms with E-state index in [0.29, 0.717) is 10.9 Å². The van der Waals surface area contributed by atoms with Crippen LogP contribution in [-0.4, -0.2) is 21.6 Å². The minimum absolute atomic E-state index is 0.0363. The van der Waals surface area contributed by atoms with E-state index in [1.54, 1.807) is 6.08 Å². The first-order valence-electron chi connectivity index (χ1n) is 7.13. The molecule has 1 unspecified atom stereocenters. The average Bonchev–Trinajstić information content (AvgIpc) is 2.52. The van der Waals surface area contributed by atoms with Crippen LogP contribution < -0.4 is 10.9 Å². The predicted octanol–water partition coefficient (Wildman–Crippen LogP) is 2.80. The molecule has 0 saturated carbocycles. The number of carbonyl (C=O) groups excluding carboxylic acids is 1. The summed E-state index contributed by atoms with van der Waals surface area (Å²) in [5, 5.41) is 2.80. The number of benzene rings is 1. The van der Waals surface area contributed by atoms with Crippen LogP contribution in [0.4, 0.5) is 14.6 Å². The predicted molar refractivity (Wildman–Crippen MR) is 87.2 cm³/mol. The number of fused-ring (bicyclic) bond motifs is 1. The Morgan fingerprint density at radius 1 is 1.29 bits per heavy atom. The van der Waals surface area contributed by atoms with E-state index in [9.17, 15) is 18.4 Å². The highest BCUT2D eigenvalue weighted by Crippen LogP contribution is 2.36. The van der Waals surface area contributed by atoms with Crippen molar-refractivity contribution < 1.29 is 13.6 Å². The quantitative estimate of drug-likeness (QED) is 0.506. The second kappa shape index (κ2) is 6.56. The number of hydrogen-bond acceptors (Lipinski definition) is 4. The number of nitrogens with zero attached hydrogens (tertiary/aromatic N) is 1. The van der Waals surface area contributed by atoms with Gasteiger partial charge in [-0.1, -0.05) is 23.9 Å². The standard InChI is InChI=1S/C16H13F2N3O2S/c1-2-6-24-16-20-14-13(15(23)21-16)8(7-11(22)19-14)12-9(17)4-3-5-10(12)18/h2-5,8H,1,6-7H2,(H2,19,20,21,22,23). The van der Waals surface area contributed by atoms with E-state index in [4.69, 9.17) is 0 Å². The Kier molecular flexibility index (Phi) is 4.48. The third-order valence-corrected chi connectivity index (χ3v) is 4.48. The monoisotopic (exact) mass is 349 g/mol. The Morgan fingerprint density at radius 3 is 2.67 bits per heavy atom. The van der Waals surface area contributed by atoms with Crippen LogP contribution in [0.15, 0.2) is 40.8 Å². The van der Waals surface area contributed by atoms with Gasteiger partial charge in [-0.3, -0.25) is 9.59 Å². The van der Waals surface area contributed by atoms with Crippen LogP contribution in [0.25, 0.3) is 0 Å². The molecule has 1 aromatic heterocycles. The van der Waals surface area contributed by atoms with Gasteiger partial charge in [-0.2, -0.15) is 0 Å². The van der Waals surface area contributed by atoms with Crippen LogP contribution in [0, 0.1) is 11.6 Å². The first kappa shape index (κ1) is 16.4. The molecular formula is C16H13F2N3O2S. The van der Waals surface area contributed by atoms with Gasteiger partial charge in [-0.15, -0.1) is 6.58 Å². The molecule has 2 heterocycles. The van der Waals surface area contributed by atoms with E-state index in [1.807, 2.05) is 0 Å². The summed E-state index contributed by atoms with van der Waals surface area (Å²) in [6.45, 7) is 3.58. The van der Waals surface area contributed by atoms with Gasteiger partial charge in [0.25, 0.3) is 5.56 Å². The molecule has 0 radical (unpaired) electrons. The van der Waals surface area contributed by atoms with Crippen molar-refractivity contribution in [3.63, 3.8) is 0 Å². The zero-order chi connectivity index (χ0) is 17.3. The zero-order valence-corrected chi connectivity index (χ0v) is 13.3. The highest BCUT2D eigenvalue weighted by atomic mass is 32.2. The fraction of sp³-hybridized carbons (Fsp3) is 0.188. The molecular weight excluding hydrogens is 336 g/mol. The minimum atomic E-state index is -1.02. The summed E-state index contributed by atoms with van der Waals surface area (Å²) in [4.78, 5) is 31.1. The van der Waals surface area contributed by atoms with E-state index in [-0.39, 0.29) is 23.4 Å². The van der Waals surface area contributed by atoms with Crippen LogP contribution in [0.3, 0.4) is 0 Å². The molecule has 124 valence electrons. The Labute approximate surface area is 140 Å². The molecule has 2 N–H and O–H groups in total. The van der Waals surface area contributed by atoms with Gasteiger partial charge in [-0.05, 0) is 12.1 Å². The number of thioether (sulfide) groups is 1. The van der Waals surface area contributed by atoms with E-state index < -0.39 is 29.0 Å². The molecule has 0 aliphatic carbocycles. The SMILES string of the molecule is C=CCSc1nc2c(c(=O)[nH]1)C(c1c(F)cccc1F)CC(=O)N2. The highest BCUT2D eigenvalue weighted by molar-refractivity contribution is 7.99. The van der Waals surface area contributed by atoms with Crippen molar-refractivity contribution in [2.75, 3.05) is 11.1 Å². The lowest BCUT2D eigenvalue weighted by atomic mass is 9.86. The van der Waals surface area contributed by atoms with Crippen molar-refractivity contribution in [3.8, 4) is 0 Å². The molecule has 1 aromatic carbocycles. The summed E-state index contributed by atoms with van der Waals surface area (Å²) in [5.41, 5.74) is -0.770. The largest absolute Gasteiger partial charge is 0.310 e. The molecule has 1 amide bonds. The molecule has 3 rings (SSSR count). The van der Waals surface area contributed by atoms with Crippen LogP contribution in [0.1, 0.15) is 23.5 Å². The van der Waals surface area contributed by atoms with Crippen molar-refractivity contribution in [1.29, 1.82) is 0 Å².